The Labute approximate surface area is 473 Å². The number of aliphatic hydroxyl groups is 1. The maximum Gasteiger partial charge on any atom is 0.472 e. The first kappa shape index (κ1) is 76.1. The standard InChI is InChI=1S/C59H114O17P2/c1-49(2)35-27-19-11-9-10-12-23-31-39-56(61)69-45-54(75-58(63)41-33-25-17-14-21-29-37-51(5)6)47-73-77(65,66)71-43-53(60)44-72-78(67,68)74-48-55(76-59(64)42-34-26-18-15-22-30-38-52(7)8)46-70-57(62)40-32-24-16-13-20-28-36-50(3)4/h49-55,60H,9-48H2,1-8H3,(H,65,66)(H,67,68)/t53?,54-,55-/m1/s1. The van der Waals surface area contributed by atoms with Gasteiger partial charge in [-0.25, -0.2) is 9.13 Å². The molecule has 0 saturated heterocycles. The first-order valence-corrected chi connectivity index (χ1v) is 33.7. The molecule has 0 rings (SSSR count). The van der Waals surface area contributed by atoms with E-state index in [4.69, 9.17) is 37.0 Å². The lowest BCUT2D eigenvalue weighted by atomic mass is 10.0. The monoisotopic (exact) mass is 1160 g/mol. The molecule has 17 nitrogen and oxygen atoms in total. The van der Waals surface area contributed by atoms with Crippen LogP contribution in [0.15, 0.2) is 0 Å². The number of carbonyl (C=O) groups excluding carboxylic acids is 4. The Bertz CT molecular complexity index is 1580. The van der Waals surface area contributed by atoms with Crippen LogP contribution in [-0.2, 0) is 65.4 Å². The van der Waals surface area contributed by atoms with Gasteiger partial charge in [0.15, 0.2) is 12.2 Å². The van der Waals surface area contributed by atoms with Gasteiger partial charge in [-0.05, 0) is 49.4 Å². The maximum absolute atomic E-state index is 12.9. The smallest absolute Gasteiger partial charge is 0.462 e. The SMILES string of the molecule is CC(C)CCCCCCCCCCC(=O)OC[C@H](COP(=O)(O)OCC(O)COP(=O)(O)OC[C@@H](COC(=O)CCCCCCCCC(C)C)OC(=O)CCCCCCCCC(C)C)OC(=O)CCCCCCCCC(C)C. The van der Waals surface area contributed by atoms with Crippen molar-refractivity contribution in [3.05, 3.63) is 0 Å². The molecule has 78 heavy (non-hydrogen) atoms. The number of phosphoric ester groups is 2. The minimum absolute atomic E-state index is 0.100. The largest absolute Gasteiger partial charge is 0.472 e. The van der Waals surface area contributed by atoms with E-state index < -0.39 is 97.5 Å². The Hall–Kier alpha value is -1.94. The lowest BCUT2D eigenvalue weighted by Crippen LogP contribution is -2.30. The first-order valence-electron chi connectivity index (χ1n) is 30.7. The molecule has 0 aromatic heterocycles. The van der Waals surface area contributed by atoms with Crippen LogP contribution >= 0.6 is 15.6 Å². The number of phosphoric acid groups is 2. The summed E-state index contributed by atoms with van der Waals surface area (Å²) in [4.78, 5) is 71.8. The van der Waals surface area contributed by atoms with Crippen LogP contribution in [0.3, 0.4) is 0 Å². The molecule has 0 spiro atoms. The molecule has 0 aliphatic rings. The Morgan fingerprint density at radius 3 is 0.795 bits per heavy atom. The second-order valence-corrected chi connectivity index (χ2v) is 26.2. The van der Waals surface area contributed by atoms with Crippen LogP contribution in [0.4, 0.5) is 0 Å². The normalized spacial score (nSPS) is 14.6. The summed E-state index contributed by atoms with van der Waals surface area (Å²) >= 11 is 0. The van der Waals surface area contributed by atoms with E-state index in [0.29, 0.717) is 43.4 Å². The number of hydrogen-bond acceptors (Lipinski definition) is 15. The zero-order chi connectivity index (χ0) is 58.3. The van der Waals surface area contributed by atoms with Gasteiger partial charge in [-0.1, -0.05) is 222 Å². The van der Waals surface area contributed by atoms with Crippen LogP contribution in [0.1, 0.15) is 274 Å². The fourth-order valence-corrected chi connectivity index (χ4v) is 10.1. The van der Waals surface area contributed by atoms with E-state index in [9.17, 15) is 43.2 Å². The number of aliphatic hydroxyl groups excluding tert-OH is 1. The van der Waals surface area contributed by atoms with Gasteiger partial charge in [0.05, 0.1) is 26.4 Å². The Morgan fingerprint density at radius 1 is 0.321 bits per heavy atom. The number of carbonyl (C=O) groups is 4. The molecule has 0 heterocycles. The van der Waals surface area contributed by atoms with Crippen LogP contribution < -0.4 is 0 Å². The molecule has 0 amide bonds. The zero-order valence-corrected chi connectivity index (χ0v) is 52.1. The molecule has 0 radical (unpaired) electrons. The molecule has 3 N–H and O–H groups in total. The van der Waals surface area contributed by atoms with E-state index in [0.717, 1.165) is 102 Å². The second-order valence-electron chi connectivity index (χ2n) is 23.3. The van der Waals surface area contributed by atoms with E-state index in [2.05, 4.69) is 55.4 Å². The zero-order valence-electron chi connectivity index (χ0n) is 50.3. The molecular formula is C59H114O17P2. The van der Waals surface area contributed by atoms with Crippen LogP contribution in [0, 0.1) is 23.7 Å². The molecule has 3 unspecified atom stereocenters. The number of unbranched alkanes of at least 4 members (excludes halogenated alkanes) is 22. The summed E-state index contributed by atoms with van der Waals surface area (Å²) in [5.74, 6) is 0.589. The van der Waals surface area contributed by atoms with Crippen molar-refractivity contribution < 1.29 is 80.2 Å². The highest BCUT2D eigenvalue weighted by Crippen LogP contribution is 2.45. The highest BCUT2D eigenvalue weighted by molar-refractivity contribution is 7.47. The predicted molar refractivity (Wildman–Crippen MR) is 307 cm³/mol. The van der Waals surface area contributed by atoms with Gasteiger partial charge < -0.3 is 33.8 Å². The van der Waals surface area contributed by atoms with Crippen LogP contribution in [-0.4, -0.2) is 96.7 Å². The van der Waals surface area contributed by atoms with Crippen molar-refractivity contribution in [3.8, 4) is 0 Å². The minimum Gasteiger partial charge on any atom is -0.462 e. The summed E-state index contributed by atoms with van der Waals surface area (Å²) in [5, 5.41) is 10.5. The number of esters is 4. The third-order valence-electron chi connectivity index (χ3n) is 13.3. The topological polar surface area (TPSA) is 237 Å². The molecule has 5 atom stereocenters. The predicted octanol–water partition coefficient (Wildman–Crippen LogP) is 15.4. The third-order valence-corrected chi connectivity index (χ3v) is 15.2. The Balaban J connectivity index is 5.23. The quantitative estimate of drug-likeness (QED) is 0.0222. The lowest BCUT2D eigenvalue weighted by Gasteiger charge is -2.21. The highest BCUT2D eigenvalue weighted by atomic mass is 31.2. The number of rotatable bonds is 56. The molecule has 0 saturated carbocycles. The molecule has 0 fully saturated rings. The van der Waals surface area contributed by atoms with Gasteiger partial charge >= 0.3 is 39.5 Å². The summed E-state index contributed by atoms with van der Waals surface area (Å²) in [5.41, 5.74) is 0. The van der Waals surface area contributed by atoms with Crippen molar-refractivity contribution in [3.63, 3.8) is 0 Å². The van der Waals surface area contributed by atoms with Crippen molar-refractivity contribution in [2.75, 3.05) is 39.6 Å². The van der Waals surface area contributed by atoms with E-state index >= 15 is 0 Å². The van der Waals surface area contributed by atoms with Crippen molar-refractivity contribution in [2.45, 2.75) is 292 Å². The molecule has 462 valence electrons. The summed E-state index contributed by atoms with van der Waals surface area (Å²) in [6.07, 6.45) is 27.2. The average Bonchev–Trinajstić information content (AvgIpc) is 3.36. The molecule has 0 aliphatic carbocycles. The van der Waals surface area contributed by atoms with E-state index in [1.54, 1.807) is 0 Å². The average molecular weight is 1160 g/mol. The fraction of sp³-hybridized carbons (Fsp3) is 0.932. The molecule has 0 aromatic carbocycles. The second kappa shape index (κ2) is 49.7. The number of hydrogen-bond donors (Lipinski definition) is 3. The van der Waals surface area contributed by atoms with E-state index in [1.807, 2.05) is 0 Å². The fourth-order valence-electron chi connectivity index (χ4n) is 8.55. The maximum atomic E-state index is 12.9. The Kier molecular flexibility index (Phi) is 48.4. The molecule has 0 aliphatic heterocycles. The van der Waals surface area contributed by atoms with E-state index in [-0.39, 0.29) is 25.7 Å². The van der Waals surface area contributed by atoms with E-state index in [1.165, 1.54) is 70.6 Å². The number of ether oxygens (including phenoxy) is 4. The first-order chi connectivity index (χ1) is 37.1. The summed E-state index contributed by atoms with van der Waals surface area (Å²) < 4.78 is 67.7. The van der Waals surface area contributed by atoms with Crippen molar-refractivity contribution in [1.29, 1.82) is 0 Å². The van der Waals surface area contributed by atoms with Gasteiger partial charge in [0.2, 0.25) is 0 Å². The van der Waals surface area contributed by atoms with Crippen molar-refractivity contribution in [1.82, 2.24) is 0 Å². The van der Waals surface area contributed by atoms with Crippen LogP contribution in [0.5, 0.6) is 0 Å². The molecule has 19 heteroatoms. The lowest BCUT2D eigenvalue weighted by molar-refractivity contribution is -0.161. The summed E-state index contributed by atoms with van der Waals surface area (Å²) in [6, 6.07) is 0. The molecular weight excluding hydrogens is 1040 g/mol. The summed E-state index contributed by atoms with van der Waals surface area (Å²) in [7, 11) is -9.88. The molecule has 0 bridgehead atoms. The minimum atomic E-state index is -4.94. The highest BCUT2D eigenvalue weighted by Gasteiger charge is 2.30. The van der Waals surface area contributed by atoms with Gasteiger partial charge in [-0.2, -0.15) is 0 Å². The van der Waals surface area contributed by atoms with Gasteiger partial charge in [-0.15, -0.1) is 0 Å². The van der Waals surface area contributed by atoms with Crippen molar-refractivity contribution >= 4 is 39.5 Å². The molecule has 0 aromatic rings. The van der Waals surface area contributed by atoms with Crippen LogP contribution in [0.2, 0.25) is 0 Å². The van der Waals surface area contributed by atoms with Gasteiger partial charge in [0, 0.05) is 25.7 Å². The van der Waals surface area contributed by atoms with Gasteiger partial charge in [0.25, 0.3) is 0 Å². The van der Waals surface area contributed by atoms with Crippen LogP contribution in [0.25, 0.3) is 0 Å². The van der Waals surface area contributed by atoms with Crippen molar-refractivity contribution in [2.24, 2.45) is 23.7 Å². The Morgan fingerprint density at radius 2 is 0.538 bits per heavy atom. The third kappa shape index (κ3) is 53.4. The van der Waals surface area contributed by atoms with Gasteiger partial charge in [-0.3, -0.25) is 37.3 Å². The van der Waals surface area contributed by atoms with Gasteiger partial charge in [0.1, 0.15) is 19.3 Å². The summed E-state index contributed by atoms with van der Waals surface area (Å²) in [6.45, 7) is 13.7.